The van der Waals surface area contributed by atoms with Gasteiger partial charge in [0.25, 0.3) is 0 Å². The zero-order chi connectivity index (χ0) is 15.8. The highest BCUT2D eigenvalue weighted by molar-refractivity contribution is 5.74. The average Bonchev–Trinajstić information content (AvgIpc) is 2.53. The first kappa shape index (κ1) is 16.3. The second kappa shape index (κ2) is 8.38. The highest BCUT2D eigenvalue weighted by atomic mass is 16.5. The number of carbonyl (C=O) groups is 2. The van der Waals surface area contributed by atoms with Crippen LogP contribution in [0.4, 0.5) is 4.79 Å². The van der Waals surface area contributed by atoms with E-state index >= 15 is 0 Å². The fourth-order valence-electron chi connectivity index (χ4n) is 2.51. The minimum atomic E-state index is -0.845. The summed E-state index contributed by atoms with van der Waals surface area (Å²) in [6, 6.07) is 9.87. The molecular weight excluding hydrogens is 284 g/mol. The minimum absolute atomic E-state index is 0.00984. The van der Waals surface area contributed by atoms with Crippen molar-refractivity contribution in [2.45, 2.75) is 25.3 Å². The van der Waals surface area contributed by atoms with Crippen molar-refractivity contribution >= 4 is 12.0 Å². The van der Waals surface area contributed by atoms with E-state index < -0.39 is 5.97 Å². The number of hydrogen-bond donors (Lipinski definition) is 2. The molecule has 2 N–H and O–H groups in total. The molecule has 1 aliphatic rings. The molecule has 2 rings (SSSR count). The standard InChI is InChI=1S/C16H22N2O4/c19-15(20)7-4-8-17-16(21)18-9-10-22-12-14(18)11-13-5-2-1-3-6-13/h1-3,5-6,14H,4,7-12H2,(H,17,21)(H,19,20). The van der Waals surface area contributed by atoms with Crippen LogP contribution >= 0.6 is 0 Å². The number of hydrogen-bond acceptors (Lipinski definition) is 3. The summed E-state index contributed by atoms with van der Waals surface area (Å²) in [7, 11) is 0. The Balaban J connectivity index is 1.86. The highest BCUT2D eigenvalue weighted by Crippen LogP contribution is 2.13. The van der Waals surface area contributed by atoms with Crippen LogP contribution in [0.15, 0.2) is 30.3 Å². The molecule has 0 aromatic heterocycles. The molecule has 0 radical (unpaired) electrons. The Morgan fingerprint density at radius 2 is 2.09 bits per heavy atom. The number of benzene rings is 1. The number of amides is 2. The van der Waals surface area contributed by atoms with Gasteiger partial charge in [-0.05, 0) is 18.4 Å². The van der Waals surface area contributed by atoms with Gasteiger partial charge in [-0.3, -0.25) is 4.79 Å². The number of rotatable bonds is 6. The lowest BCUT2D eigenvalue weighted by Gasteiger charge is -2.35. The van der Waals surface area contributed by atoms with Crippen LogP contribution in [0.1, 0.15) is 18.4 Å². The van der Waals surface area contributed by atoms with E-state index in [2.05, 4.69) is 5.32 Å². The van der Waals surface area contributed by atoms with Crippen LogP contribution in [0, 0.1) is 0 Å². The van der Waals surface area contributed by atoms with Crippen LogP contribution in [0.2, 0.25) is 0 Å². The highest BCUT2D eigenvalue weighted by Gasteiger charge is 2.27. The van der Waals surface area contributed by atoms with E-state index in [1.54, 1.807) is 4.90 Å². The van der Waals surface area contributed by atoms with Crippen LogP contribution in [-0.4, -0.2) is 54.4 Å². The number of carbonyl (C=O) groups excluding carboxylic acids is 1. The number of nitrogens with one attached hydrogen (secondary N) is 1. The Labute approximate surface area is 130 Å². The van der Waals surface area contributed by atoms with Crippen molar-refractivity contribution in [1.82, 2.24) is 10.2 Å². The van der Waals surface area contributed by atoms with E-state index in [1.165, 1.54) is 5.56 Å². The molecule has 0 spiro atoms. The van der Waals surface area contributed by atoms with Crippen LogP contribution in [-0.2, 0) is 16.0 Å². The summed E-state index contributed by atoms with van der Waals surface area (Å²) in [5.74, 6) is -0.845. The van der Waals surface area contributed by atoms with Crippen LogP contribution in [0.25, 0.3) is 0 Å². The Bertz CT molecular complexity index is 492. The van der Waals surface area contributed by atoms with Crippen LogP contribution in [0.5, 0.6) is 0 Å². The number of nitrogens with zero attached hydrogens (tertiary/aromatic N) is 1. The van der Waals surface area contributed by atoms with Gasteiger partial charge in [0.1, 0.15) is 0 Å². The van der Waals surface area contributed by atoms with Crippen molar-refractivity contribution < 1.29 is 19.4 Å². The molecule has 0 aliphatic carbocycles. The molecule has 1 saturated heterocycles. The summed E-state index contributed by atoms with van der Waals surface area (Å²) in [4.78, 5) is 24.5. The third kappa shape index (κ3) is 5.04. The summed E-state index contributed by atoms with van der Waals surface area (Å²) >= 11 is 0. The summed E-state index contributed by atoms with van der Waals surface area (Å²) < 4.78 is 5.49. The molecule has 120 valence electrons. The number of carboxylic acids is 1. The summed E-state index contributed by atoms with van der Waals surface area (Å²) in [5.41, 5.74) is 1.17. The van der Waals surface area contributed by atoms with E-state index in [9.17, 15) is 9.59 Å². The van der Waals surface area contributed by atoms with Gasteiger partial charge in [-0.1, -0.05) is 30.3 Å². The Hall–Kier alpha value is -2.08. The van der Waals surface area contributed by atoms with Crippen LogP contribution < -0.4 is 5.32 Å². The number of morpholine rings is 1. The zero-order valence-corrected chi connectivity index (χ0v) is 12.5. The van der Waals surface area contributed by atoms with Gasteiger partial charge < -0.3 is 20.1 Å². The predicted molar refractivity (Wildman–Crippen MR) is 81.7 cm³/mol. The van der Waals surface area contributed by atoms with E-state index in [4.69, 9.17) is 9.84 Å². The third-order valence-electron chi connectivity index (χ3n) is 3.65. The van der Waals surface area contributed by atoms with Crippen LogP contribution in [0.3, 0.4) is 0 Å². The summed E-state index contributed by atoms with van der Waals surface area (Å²) in [6.45, 7) is 1.99. The fourth-order valence-corrected chi connectivity index (χ4v) is 2.51. The summed E-state index contributed by atoms with van der Waals surface area (Å²) in [5, 5.41) is 11.4. The molecular formula is C16H22N2O4. The van der Waals surface area contributed by atoms with E-state index in [-0.39, 0.29) is 18.5 Å². The molecule has 1 aliphatic heterocycles. The van der Waals surface area contributed by atoms with Crippen molar-refractivity contribution in [2.75, 3.05) is 26.3 Å². The molecule has 1 fully saturated rings. The lowest BCUT2D eigenvalue weighted by atomic mass is 10.0. The molecule has 1 unspecified atom stereocenters. The third-order valence-corrected chi connectivity index (χ3v) is 3.65. The molecule has 2 amide bonds. The van der Waals surface area contributed by atoms with Crippen molar-refractivity contribution in [2.24, 2.45) is 0 Å². The lowest BCUT2D eigenvalue weighted by Crippen LogP contribution is -2.53. The summed E-state index contributed by atoms with van der Waals surface area (Å²) in [6.07, 6.45) is 1.26. The fraction of sp³-hybridized carbons (Fsp3) is 0.500. The van der Waals surface area contributed by atoms with Gasteiger partial charge in [0.05, 0.1) is 19.3 Å². The van der Waals surface area contributed by atoms with Gasteiger partial charge in [0, 0.05) is 19.5 Å². The molecule has 6 heteroatoms. The van der Waals surface area contributed by atoms with E-state index in [1.807, 2.05) is 30.3 Å². The van der Waals surface area contributed by atoms with Gasteiger partial charge >= 0.3 is 12.0 Å². The zero-order valence-electron chi connectivity index (χ0n) is 12.5. The maximum atomic E-state index is 12.3. The van der Waals surface area contributed by atoms with E-state index in [0.717, 1.165) is 6.42 Å². The van der Waals surface area contributed by atoms with Gasteiger partial charge in [0.15, 0.2) is 0 Å². The molecule has 1 atom stereocenters. The Morgan fingerprint density at radius 1 is 1.32 bits per heavy atom. The first-order valence-corrected chi connectivity index (χ1v) is 7.55. The molecule has 1 aromatic rings. The number of carboxylic acid groups (broad SMARTS) is 1. The maximum Gasteiger partial charge on any atom is 0.317 e. The number of urea groups is 1. The first-order valence-electron chi connectivity index (χ1n) is 7.55. The minimum Gasteiger partial charge on any atom is -0.481 e. The SMILES string of the molecule is O=C(O)CCCNC(=O)N1CCOCC1Cc1ccccc1. The van der Waals surface area contributed by atoms with Gasteiger partial charge in [0.2, 0.25) is 0 Å². The number of ether oxygens (including phenoxy) is 1. The second-order valence-electron chi connectivity index (χ2n) is 5.34. The smallest absolute Gasteiger partial charge is 0.317 e. The first-order chi connectivity index (χ1) is 10.7. The van der Waals surface area contributed by atoms with Gasteiger partial charge in [-0.15, -0.1) is 0 Å². The predicted octanol–water partition coefficient (Wildman–Crippen LogP) is 1.50. The molecule has 1 heterocycles. The second-order valence-corrected chi connectivity index (χ2v) is 5.34. The normalized spacial score (nSPS) is 18.0. The Morgan fingerprint density at radius 3 is 2.82 bits per heavy atom. The Kier molecular flexibility index (Phi) is 6.21. The largest absolute Gasteiger partial charge is 0.481 e. The molecule has 1 aromatic carbocycles. The maximum absolute atomic E-state index is 12.3. The van der Waals surface area contributed by atoms with Gasteiger partial charge in [-0.25, -0.2) is 4.79 Å². The average molecular weight is 306 g/mol. The lowest BCUT2D eigenvalue weighted by molar-refractivity contribution is -0.137. The molecule has 6 nitrogen and oxygen atoms in total. The topological polar surface area (TPSA) is 78.9 Å². The van der Waals surface area contributed by atoms with Crippen molar-refractivity contribution in [3.05, 3.63) is 35.9 Å². The van der Waals surface area contributed by atoms with E-state index in [0.29, 0.717) is 32.7 Å². The molecule has 0 bridgehead atoms. The quantitative estimate of drug-likeness (QED) is 0.781. The van der Waals surface area contributed by atoms with Gasteiger partial charge in [-0.2, -0.15) is 0 Å². The molecule has 0 saturated carbocycles. The monoisotopic (exact) mass is 306 g/mol. The van der Waals surface area contributed by atoms with Crippen molar-refractivity contribution in [1.29, 1.82) is 0 Å². The van der Waals surface area contributed by atoms with Crippen molar-refractivity contribution in [3.63, 3.8) is 0 Å². The van der Waals surface area contributed by atoms with Crippen molar-refractivity contribution in [3.8, 4) is 0 Å². The number of aliphatic carboxylic acids is 1. The molecule has 22 heavy (non-hydrogen) atoms.